The first-order valence-electron chi connectivity index (χ1n) is 6.39. The Morgan fingerprint density at radius 3 is 2.67 bits per heavy atom. The average Bonchev–Trinajstić information content (AvgIpc) is 2.30. The van der Waals surface area contributed by atoms with Crippen molar-refractivity contribution < 1.29 is 0 Å². The molecule has 0 radical (unpaired) electrons. The molecule has 1 N–H and O–H groups in total. The highest BCUT2D eigenvalue weighted by Crippen LogP contribution is 2.21. The molecule has 1 rings (SSSR count). The van der Waals surface area contributed by atoms with Gasteiger partial charge in [-0.05, 0) is 49.5 Å². The average molecular weight is 286 g/mol. The van der Waals surface area contributed by atoms with Crippen LogP contribution < -0.4 is 5.32 Å². The van der Waals surface area contributed by atoms with Crippen LogP contribution in [0.4, 0.5) is 0 Å². The number of hydrogen-bond donors (Lipinski definition) is 1. The van der Waals surface area contributed by atoms with Gasteiger partial charge in [0, 0.05) is 10.0 Å². The molecule has 0 atom stereocenters. The van der Waals surface area contributed by atoms with Gasteiger partial charge in [-0.15, -0.1) is 0 Å². The monoisotopic (exact) mass is 285 g/mol. The highest BCUT2D eigenvalue weighted by Gasteiger charge is 1.98. The van der Waals surface area contributed by atoms with Crippen molar-refractivity contribution >= 4 is 23.2 Å². The molecule has 18 heavy (non-hydrogen) atoms. The van der Waals surface area contributed by atoms with E-state index in [1.165, 1.54) is 0 Å². The third-order valence-corrected chi connectivity index (χ3v) is 3.15. The number of allylic oxidation sites excluding steroid dienone is 1. The Hall–Kier alpha value is -0.500. The summed E-state index contributed by atoms with van der Waals surface area (Å²) in [6.45, 7) is 6.54. The lowest BCUT2D eigenvalue weighted by Crippen LogP contribution is -2.20. The lowest BCUT2D eigenvalue weighted by Gasteiger charge is -2.05. The van der Waals surface area contributed by atoms with E-state index < -0.39 is 0 Å². The highest BCUT2D eigenvalue weighted by molar-refractivity contribution is 6.35. The van der Waals surface area contributed by atoms with Gasteiger partial charge in [0.25, 0.3) is 0 Å². The van der Waals surface area contributed by atoms with E-state index in [0.717, 1.165) is 36.5 Å². The first-order valence-corrected chi connectivity index (χ1v) is 7.15. The van der Waals surface area contributed by atoms with E-state index >= 15 is 0 Å². The van der Waals surface area contributed by atoms with Crippen molar-refractivity contribution in [2.75, 3.05) is 13.1 Å². The summed E-state index contributed by atoms with van der Waals surface area (Å²) < 4.78 is 0. The molecule has 0 unspecified atom stereocenters. The molecule has 0 amide bonds. The summed E-state index contributed by atoms with van der Waals surface area (Å²) >= 11 is 11.9. The van der Waals surface area contributed by atoms with E-state index in [1.807, 2.05) is 12.1 Å². The maximum absolute atomic E-state index is 6.10. The largest absolute Gasteiger partial charge is 0.316 e. The summed E-state index contributed by atoms with van der Waals surface area (Å²) in [6.07, 6.45) is 6.27. The lowest BCUT2D eigenvalue weighted by molar-refractivity contribution is 0.556. The lowest BCUT2D eigenvalue weighted by atomic mass is 10.1. The summed E-state index contributed by atoms with van der Waals surface area (Å²) in [4.78, 5) is 0. The van der Waals surface area contributed by atoms with E-state index in [-0.39, 0.29) is 0 Å². The van der Waals surface area contributed by atoms with Gasteiger partial charge in [-0.25, -0.2) is 0 Å². The normalized spacial score (nSPS) is 11.6. The van der Waals surface area contributed by atoms with Crippen molar-refractivity contribution in [2.24, 2.45) is 5.92 Å². The molecular weight excluding hydrogens is 265 g/mol. The van der Waals surface area contributed by atoms with Gasteiger partial charge in [0.15, 0.2) is 0 Å². The zero-order valence-corrected chi connectivity index (χ0v) is 12.6. The molecule has 1 nitrogen and oxygen atoms in total. The summed E-state index contributed by atoms with van der Waals surface area (Å²) in [5, 5.41) is 4.83. The van der Waals surface area contributed by atoms with Gasteiger partial charge in [0.1, 0.15) is 0 Å². The van der Waals surface area contributed by atoms with E-state index in [0.29, 0.717) is 10.9 Å². The molecule has 0 heterocycles. The van der Waals surface area contributed by atoms with Crippen LogP contribution in [0.3, 0.4) is 0 Å². The maximum Gasteiger partial charge on any atom is 0.0455 e. The second-order valence-electron chi connectivity index (χ2n) is 4.80. The predicted octanol–water partition coefficient (Wildman–Crippen LogP) is 4.73. The first-order chi connectivity index (χ1) is 8.59. The molecule has 0 aromatic heterocycles. The minimum absolute atomic E-state index is 0.686. The topological polar surface area (TPSA) is 12.0 Å². The van der Waals surface area contributed by atoms with Crippen LogP contribution in [0.25, 0.3) is 0 Å². The molecule has 0 bridgehead atoms. The third kappa shape index (κ3) is 6.44. The Morgan fingerprint density at radius 2 is 2.00 bits per heavy atom. The Morgan fingerprint density at radius 1 is 1.22 bits per heavy atom. The van der Waals surface area contributed by atoms with Gasteiger partial charge in [-0.3, -0.25) is 0 Å². The van der Waals surface area contributed by atoms with E-state index in [9.17, 15) is 0 Å². The molecule has 0 aliphatic heterocycles. The number of halogens is 2. The predicted molar refractivity (Wildman–Crippen MR) is 81.6 cm³/mol. The summed E-state index contributed by atoms with van der Waals surface area (Å²) in [6, 6.07) is 5.64. The SMILES string of the molecule is CC(C)CNCCC=CCc1ccc(Cl)cc1Cl. The van der Waals surface area contributed by atoms with Crippen LogP contribution in [0.1, 0.15) is 25.8 Å². The summed E-state index contributed by atoms with van der Waals surface area (Å²) in [5.41, 5.74) is 1.12. The highest BCUT2D eigenvalue weighted by atomic mass is 35.5. The van der Waals surface area contributed by atoms with Gasteiger partial charge in [-0.2, -0.15) is 0 Å². The fourth-order valence-electron chi connectivity index (χ4n) is 1.59. The summed E-state index contributed by atoms with van der Waals surface area (Å²) in [7, 11) is 0. The molecule has 0 fully saturated rings. The molecule has 100 valence electrons. The van der Waals surface area contributed by atoms with Gasteiger partial charge in [0.2, 0.25) is 0 Å². The van der Waals surface area contributed by atoms with Crippen molar-refractivity contribution in [2.45, 2.75) is 26.7 Å². The van der Waals surface area contributed by atoms with Gasteiger partial charge >= 0.3 is 0 Å². The van der Waals surface area contributed by atoms with Crippen LogP contribution in [0, 0.1) is 5.92 Å². The quantitative estimate of drug-likeness (QED) is 0.564. The zero-order chi connectivity index (χ0) is 13.4. The van der Waals surface area contributed by atoms with Gasteiger partial charge in [-0.1, -0.05) is 55.3 Å². The molecule has 0 saturated heterocycles. The number of benzene rings is 1. The fourth-order valence-corrected chi connectivity index (χ4v) is 2.08. The maximum atomic E-state index is 6.10. The first kappa shape index (κ1) is 15.6. The van der Waals surface area contributed by atoms with Crippen LogP contribution >= 0.6 is 23.2 Å². The molecular formula is C15H21Cl2N. The Balaban J connectivity index is 2.24. The van der Waals surface area contributed by atoms with E-state index in [1.54, 1.807) is 6.07 Å². The van der Waals surface area contributed by atoms with Crippen LogP contribution in [0.15, 0.2) is 30.4 Å². The molecule has 0 aliphatic rings. The van der Waals surface area contributed by atoms with Gasteiger partial charge in [0.05, 0.1) is 0 Å². The van der Waals surface area contributed by atoms with Crippen molar-refractivity contribution in [1.29, 1.82) is 0 Å². The second-order valence-corrected chi connectivity index (χ2v) is 5.64. The number of hydrogen-bond acceptors (Lipinski definition) is 1. The van der Waals surface area contributed by atoms with Crippen LogP contribution in [-0.2, 0) is 6.42 Å². The second kappa shape index (κ2) is 8.58. The van der Waals surface area contributed by atoms with E-state index in [2.05, 4.69) is 31.3 Å². The molecule has 1 aromatic carbocycles. The Bertz CT molecular complexity index is 386. The fraction of sp³-hybridized carbons (Fsp3) is 0.467. The van der Waals surface area contributed by atoms with Crippen LogP contribution in [-0.4, -0.2) is 13.1 Å². The minimum Gasteiger partial charge on any atom is -0.316 e. The molecule has 3 heteroatoms. The minimum atomic E-state index is 0.686. The molecule has 0 aliphatic carbocycles. The van der Waals surface area contributed by atoms with Crippen molar-refractivity contribution in [3.05, 3.63) is 46.0 Å². The Kier molecular flexibility index (Phi) is 7.41. The van der Waals surface area contributed by atoms with Gasteiger partial charge < -0.3 is 5.32 Å². The third-order valence-electron chi connectivity index (χ3n) is 2.56. The Labute approximate surface area is 120 Å². The molecule has 0 spiro atoms. The van der Waals surface area contributed by atoms with Crippen molar-refractivity contribution in [3.63, 3.8) is 0 Å². The van der Waals surface area contributed by atoms with E-state index in [4.69, 9.17) is 23.2 Å². The number of rotatable bonds is 7. The molecule has 1 aromatic rings. The summed E-state index contributed by atoms with van der Waals surface area (Å²) in [5.74, 6) is 0.710. The standard InChI is InChI=1S/C15H21Cl2N/c1-12(2)11-18-9-5-3-4-6-13-7-8-14(16)10-15(13)17/h3-4,7-8,10,12,18H,5-6,9,11H2,1-2H3. The number of nitrogens with one attached hydrogen (secondary N) is 1. The van der Waals surface area contributed by atoms with Crippen LogP contribution in [0.5, 0.6) is 0 Å². The zero-order valence-electron chi connectivity index (χ0n) is 11.0. The van der Waals surface area contributed by atoms with Crippen LogP contribution in [0.2, 0.25) is 10.0 Å². The van der Waals surface area contributed by atoms with Crippen molar-refractivity contribution in [3.8, 4) is 0 Å². The molecule has 0 saturated carbocycles. The van der Waals surface area contributed by atoms with Crippen molar-refractivity contribution in [1.82, 2.24) is 5.32 Å². The smallest absolute Gasteiger partial charge is 0.0455 e.